The van der Waals surface area contributed by atoms with Gasteiger partial charge in [-0.3, -0.25) is 19.1 Å². The fourth-order valence-electron chi connectivity index (χ4n) is 4.42. The highest BCUT2D eigenvalue weighted by Gasteiger charge is 2.20. The highest BCUT2D eigenvalue weighted by atomic mass is 35.5. The molecule has 0 bridgehead atoms. The molecule has 212 valence electrons. The number of ketones is 1. The van der Waals surface area contributed by atoms with Gasteiger partial charge < -0.3 is 16.0 Å². The third-order valence-electron chi connectivity index (χ3n) is 6.62. The molecule has 0 spiro atoms. The average Bonchev–Trinajstić information content (AvgIpc) is 2.97. The first-order valence-electron chi connectivity index (χ1n) is 12.9. The van der Waals surface area contributed by atoms with E-state index in [1.165, 1.54) is 30.3 Å². The quantitative estimate of drug-likeness (QED) is 0.255. The van der Waals surface area contributed by atoms with Crippen molar-refractivity contribution in [1.82, 2.24) is 16.0 Å². The predicted octanol–water partition coefficient (Wildman–Crippen LogP) is 3.38. The maximum atomic E-state index is 13.0. The van der Waals surface area contributed by atoms with E-state index in [4.69, 9.17) is 0 Å². The number of hydrogen-bond donors (Lipinski definition) is 4. The lowest BCUT2D eigenvalue weighted by molar-refractivity contribution is -0.120. The van der Waals surface area contributed by atoms with Crippen molar-refractivity contribution in [3.8, 4) is 0 Å². The zero-order valence-corrected chi connectivity index (χ0v) is 23.5. The van der Waals surface area contributed by atoms with Gasteiger partial charge in [-0.05, 0) is 74.7 Å². The van der Waals surface area contributed by atoms with Gasteiger partial charge >= 0.3 is 0 Å². The van der Waals surface area contributed by atoms with E-state index in [-0.39, 0.29) is 52.4 Å². The first-order chi connectivity index (χ1) is 18.8. The molecule has 1 fully saturated rings. The van der Waals surface area contributed by atoms with Crippen LogP contribution in [0.4, 0.5) is 5.69 Å². The molecule has 3 aromatic rings. The molecule has 0 atom stereocenters. The summed E-state index contributed by atoms with van der Waals surface area (Å²) in [6.07, 6.45) is 3.12. The molecule has 9 nitrogen and oxygen atoms in total. The third kappa shape index (κ3) is 8.38. The van der Waals surface area contributed by atoms with Gasteiger partial charge in [0.25, 0.3) is 15.9 Å². The summed E-state index contributed by atoms with van der Waals surface area (Å²) in [5.74, 6) is -0.469. The number of rotatable bonds is 11. The molecule has 2 amide bonds. The van der Waals surface area contributed by atoms with E-state index in [1.54, 1.807) is 48.5 Å². The lowest BCUT2D eigenvalue weighted by atomic mass is 9.95. The number of piperidine rings is 1. The second-order valence-electron chi connectivity index (χ2n) is 9.39. The fraction of sp³-hybridized carbons (Fsp3) is 0.276. The van der Waals surface area contributed by atoms with Crippen molar-refractivity contribution in [3.05, 3.63) is 95.6 Å². The van der Waals surface area contributed by atoms with Crippen LogP contribution < -0.4 is 20.7 Å². The smallest absolute Gasteiger partial charge is 0.261 e. The molecule has 1 aliphatic rings. The molecule has 0 unspecified atom stereocenters. The summed E-state index contributed by atoms with van der Waals surface area (Å²) in [5, 5.41) is 8.70. The van der Waals surface area contributed by atoms with Crippen molar-refractivity contribution >= 4 is 45.7 Å². The molecule has 40 heavy (non-hydrogen) atoms. The van der Waals surface area contributed by atoms with Crippen LogP contribution in [-0.4, -0.2) is 52.2 Å². The van der Waals surface area contributed by atoms with Crippen LogP contribution in [0.25, 0.3) is 0 Å². The molecule has 4 rings (SSSR count). The molecular formula is C29H33ClN4O5S. The summed E-state index contributed by atoms with van der Waals surface area (Å²) in [6, 6.07) is 20.3. The number of para-hydroxylation sites is 1. The molecule has 0 saturated carbocycles. The lowest BCUT2D eigenvalue weighted by Gasteiger charge is -2.22. The van der Waals surface area contributed by atoms with E-state index < -0.39 is 15.9 Å². The van der Waals surface area contributed by atoms with E-state index in [9.17, 15) is 22.8 Å². The van der Waals surface area contributed by atoms with Crippen LogP contribution in [0.3, 0.4) is 0 Å². The first kappa shape index (κ1) is 30.8. The Morgan fingerprint density at radius 1 is 0.800 bits per heavy atom. The lowest BCUT2D eigenvalue weighted by Crippen LogP contribution is -2.38. The van der Waals surface area contributed by atoms with Gasteiger partial charge in [0.1, 0.15) is 0 Å². The van der Waals surface area contributed by atoms with Gasteiger partial charge in [-0.2, -0.15) is 0 Å². The maximum absolute atomic E-state index is 13.0. The zero-order chi connectivity index (χ0) is 27.7. The summed E-state index contributed by atoms with van der Waals surface area (Å²) >= 11 is 0. The van der Waals surface area contributed by atoms with Gasteiger partial charge in [0.15, 0.2) is 5.78 Å². The second kappa shape index (κ2) is 14.6. The van der Waals surface area contributed by atoms with Crippen LogP contribution in [0.5, 0.6) is 0 Å². The van der Waals surface area contributed by atoms with Crippen LogP contribution >= 0.6 is 12.4 Å². The Bertz CT molecular complexity index is 1410. The number of benzene rings is 3. The maximum Gasteiger partial charge on any atom is 0.261 e. The summed E-state index contributed by atoms with van der Waals surface area (Å²) in [4.78, 5) is 37.4. The predicted molar refractivity (Wildman–Crippen MR) is 156 cm³/mol. The van der Waals surface area contributed by atoms with Crippen LogP contribution in [0.15, 0.2) is 83.8 Å². The molecule has 1 heterocycles. The van der Waals surface area contributed by atoms with Gasteiger partial charge in [-0.25, -0.2) is 8.42 Å². The molecule has 0 aliphatic carbocycles. The van der Waals surface area contributed by atoms with E-state index in [0.29, 0.717) is 18.0 Å². The van der Waals surface area contributed by atoms with Crippen molar-refractivity contribution in [2.75, 3.05) is 30.9 Å². The largest absolute Gasteiger partial charge is 0.355 e. The van der Waals surface area contributed by atoms with Crippen molar-refractivity contribution in [1.29, 1.82) is 0 Å². The minimum atomic E-state index is -4.04. The molecule has 0 radical (unpaired) electrons. The van der Waals surface area contributed by atoms with E-state index in [0.717, 1.165) is 32.4 Å². The number of carbonyl (C=O) groups excluding carboxylic acids is 3. The summed E-state index contributed by atoms with van der Waals surface area (Å²) in [6.45, 7) is 2.41. The Morgan fingerprint density at radius 2 is 1.45 bits per heavy atom. The molecule has 3 aromatic carbocycles. The topological polar surface area (TPSA) is 133 Å². The van der Waals surface area contributed by atoms with Crippen LogP contribution in [0.1, 0.15) is 45.5 Å². The molecule has 4 N–H and O–H groups in total. The molecule has 1 aliphatic heterocycles. The van der Waals surface area contributed by atoms with Crippen LogP contribution in [-0.2, 0) is 14.8 Å². The van der Waals surface area contributed by atoms with E-state index >= 15 is 0 Å². The minimum absolute atomic E-state index is 0. The Kier molecular flexibility index (Phi) is 11.2. The Balaban J connectivity index is 0.00000441. The summed E-state index contributed by atoms with van der Waals surface area (Å²) < 4.78 is 28.6. The standard InChI is InChI=1S/C29H32N4O5S.ClH/c34-27(31-19-16-21-14-17-30-18-15-21)20-32-29(36)23-10-12-24(13-11-23)39(37,38)33-26-9-5-4-8-25(26)28(35)22-6-2-1-3-7-22;/h1-13,21,30,33H,14-20H2,(H,31,34)(H,32,36);1H. The summed E-state index contributed by atoms with van der Waals surface area (Å²) in [5.41, 5.74) is 1.03. The van der Waals surface area contributed by atoms with Crippen molar-refractivity contribution in [2.24, 2.45) is 5.92 Å². The highest BCUT2D eigenvalue weighted by molar-refractivity contribution is 7.92. The third-order valence-corrected chi connectivity index (χ3v) is 8.00. The van der Waals surface area contributed by atoms with Gasteiger partial charge in [0.05, 0.1) is 17.1 Å². The Labute approximate surface area is 240 Å². The Morgan fingerprint density at radius 3 is 2.15 bits per heavy atom. The van der Waals surface area contributed by atoms with E-state index in [2.05, 4.69) is 20.7 Å². The van der Waals surface area contributed by atoms with Gasteiger partial charge in [-0.15, -0.1) is 12.4 Å². The molecular weight excluding hydrogens is 552 g/mol. The van der Waals surface area contributed by atoms with Crippen molar-refractivity contribution in [3.63, 3.8) is 0 Å². The van der Waals surface area contributed by atoms with E-state index in [1.807, 2.05) is 0 Å². The molecule has 0 aromatic heterocycles. The Hall–Kier alpha value is -3.73. The van der Waals surface area contributed by atoms with Crippen LogP contribution in [0, 0.1) is 5.92 Å². The average molecular weight is 585 g/mol. The monoisotopic (exact) mass is 584 g/mol. The summed E-state index contributed by atoms with van der Waals surface area (Å²) in [7, 11) is -4.04. The SMILES string of the molecule is Cl.O=C(CNC(=O)c1ccc(S(=O)(=O)Nc2ccccc2C(=O)c2ccccc2)cc1)NCCC1CCNCC1. The first-order valence-corrected chi connectivity index (χ1v) is 14.4. The van der Waals surface area contributed by atoms with Crippen LogP contribution in [0.2, 0.25) is 0 Å². The number of hydrogen-bond acceptors (Lipinski definition) is 6. The fourth-order valence-corrected chi connectivity index (χ4v) is 5.50. The van der Waals surface area contributed by atoms with Gasteiger partial charge in [0, 0.05) is 23.2 Å². The number of sulfonamides is 1. The van der Waals surface area contributed by atoms with Crippen molar-refractivity contribution < 1.29 is 22.8 Å². The van der Waals surface area contributed by atoms with Crippen molar-refractivity contribution in [2.45, 2.75) is 24.2 Å². The number of anilines is 1. The minimum Gasteiger partial charge on any atom is -0.355 e. The highest BCUT2D eigenvalue weighted by Crippen LogP contribution is 2.23. The molecule has 11 heteroatoms. The number of nitrogens with one attached hydrogen (secondary N) is 4. The molecule has 1 saturated heterocycles. The number of carbonyl (C=O) groups is 3. The van der Waals surface area contributed by atoms with Gasteiger partial charge in [0.2, 0.25) is 5.91 Å². The van der Waals surface area contributed by atoms with Gasteiger partial charge in [-0.1, -0.05) is 42.5 Å². The normalized spacial score (nSPS) is 13.5. The number of amides is 2. The number of halogens is 1. The second-order valence-corrected chi connectivity index (χ2v) is 11.1. The zero-order valence-electron chi connectivity index (χ0n) is 21.9.